The number of rotatable bonds is 1. The molecule has 5 heteroatoms. The summed E-state index contributed by atoms with van der Waals surface area (Å²) in [6, 6.07) is 1.68. The van der Waals surface area contributed by atoms with Gasteiger partial charge < -0.3 is 10.9 Å². The smallest absolute Gasteiger partial charge is 0.180 e. The Morgan fingerprint density at radius 1 is 1.82 bits per heavy atom. The van der Waals surface area contributed by atoms with E-state index in [1.54, 1.807) is 6.07 Å². The topological polar surface area (TPSA) is 58.6 Å². The third kappa shape index (κ3) is 1.64. The van der Waals surface area contributed by atoms with E-state index < -0.39 is 0 Å². The zero-order chi connectivity index (χ0) is 8.43. The molecule has 0 aliphatic carbocycles. The van der Waals surface area contributed by atoms with Crippen molar-refractivity contribution in [1.82, 2.24) is 0 Å². The van der Waals surface area contributed by atoms with Crippen LogP contribution in [0.5, 0.6) is 0 Å². The summed E-state index contributed by atoms with van der Waals surface area (Å²) < 4.78 is 0. The molecule has 3 nitrogen and oxygen atoms in total. The van der Waals surface area contributed by atoms with Gasteiger partial charge in [-0.2, -0.15) is 0 Å². The van der Waals surface area contributed by atoms with E-state index in [0.717, 1.165) is 4.88 Å². The lowest BCUT2D eigenvalue weighted by Crippen LogP contribution is -2.10. The molecule has 0 unspecified atom stereocenters. The highest BCUT2D eigenvalue weighted by Crippen LogP contribution is 2.25. The fourth-order valence-corrected chi connectivity index (χ4v) is 1.73. The van der Waals surface area contributed by atoms with E-state index in [9.17, 15) is 0 Å². The van der Waals surface area contributed by atoms with Crippen molar-refractivity contribution in [1.29, 1.82) is 0 Å². The van der Waals surface area contributed by atoms with Gasteiger partial charge in [-0.3, -0.25) is 0 Å². The largest absolute Gasteiger partial charge is 0.409 e. The molecule has 3 N–H and O–H groups in total. The predicted octanol–water partition coefficient (Wildman–Crippen LogP) is 1.80. The summed E-state index contributed by atoms with van der Waals surface area (Å²) in [4.78, 5) is 1.66. The Labute approximate surface area is 73.1 Å². The Bertz CT molecular complexity index is 275. The quantitative estimate of drug-likeness (QED) is 0.307. The standard InChI is InChI=1S/C6H7ClN2OS/c1-3-4(7)2-5(11-3)6(8)9-10/h2,10H,1H3,(H2,8,9). The van der Waals surface area contributed by atoms with Crippen molar-refractivity contribution in [3.8, 4) is 0 Å². The number of aryl methyl sites for hydroxylation is 1. The highest BCUT2D eigenvalue weighted by molar-refractivity contribution is 7.14. The van der Waals surface area contributed by atoms with Crippen molar-refractivity contribution in [2.24, 2.45) is 10.9 Å². The molecule has 0 aliphatic heterocycles. The molecular weight excluding hydrogens is 184 g/mol. The van der Waals surface area contributed by atoms with Crippen molar-refractivity contribution in [3.63, 3.8) is 0 Å². The molecule has 1 aromatic rings. The molecule has 0 aliphatic rings. The van der Waals surface area contributed by atoms with Crippen LogP contribution < -0.4 is 5.73 Å². The van der Waals surface area contributed by atoms with Crippen LogP contribution in [-0.4, -0.2) is 11.0 Å². The lowest BCUT2D eigenvalue weighted by Gasteiger charge is -1.88. The van der Waals surface area contributed by atoms with Gasteiger partial charge >= 0.3 is 0 Å². The van der Waals surface area contributed by atoms with Crippen molar-refractivity contribution in [2.75, 3.05) is 0 Å². The third-order valence-corrected chi connectivity index (χ3v) is 2.80. The number of nitrogens with zero attached hydrogens (tertiary/aromatic N) is 1. The summed E-state index contributed by atoms with van der Waals surface area (Å²) in [6.07, 6.45) is 0. The molecule has 1 heterocycles. The molecule has 0 bridgehead atoms. The maximum atomic E-state index is 8.31. The van der Waals surface area contributed by atoms with Gasteiger partial charge in [0.15, 0.2) is 5.84 Å². The first-order chi connectivity index (χ1) is 5.15. The first kappa shape index (κ1) is 8.36. The lowest BCUT2D eigenvalue weighted by atomic mass is 10.4. The van der Waals surface area contributed by atoms with Crippen LogP contribution in [0.4, 0.5) is 0 Å². The van der Waals surface area contributed by atoms with Gasteiger partial charge in [-0.25, -0.2) is 0 Å². The Morgan fingerprint density at radius 2 is 2.45 bits per heavy atom. The van der Waals surface area contributed by atoms with Gasteiger partial charge in [0.25, 0.3) is 0 Å². The third-order valence-electron chi connectivity index (χ3n) is 1.22. The summed E-state index contributed by atoms with van der Waals surface area (Å²) in [5.74, 6) is 0.102. The summed E-state index contributed by atoms with van der Waals surface area (Å²) in [6.45, 7) is 1.88. The lowest BCUT2D eigenvalue weighted by molar-refractivity contribution is 0.319. The first-order valence-electron chi connectivity index (χ1n) is 2.89. The van der Waals surface area contributed by atoms with Gasteiger partial charge in [0.05, 0.1) is 9.90 Å². The molecule has 0 radical (unpaired) electrons. The van der Waals surface area contributed by atoms with Crippen molar-refractivity contribution in [2.45, 2.75) is 6.92 Å². The van der Waals surface area contributed by atoms with Gasteiger partial charge in [0.1, 0.15) is 0 Å². The van der Waals surface area contributed by atoms with E-state index in [0.29, 0.717) is 9.90 Å². The van der Waals surface area contributed by atoms with E-state index in [2.05, 4.69) is 5.16 Å². The van der Waals surface area contributed by atoms with E-state index in [1.165, 1.54) is 11.3 Å². The summed E-state index contributed by atoms with van der Waals surface area (Å²) in [5.41, 5.74) is 5.33. The Hall–Kier alpha value is -0.740. The maximum absolute atomic E-state index is 8.31. The van der Waals surface area contributed by atoms with Crippen molar-refractivity contribution >= 4 is 28.8 Å². The predicted molar refractivity (Wildman–Crippen MR) is 46.6 cm³/mol. The number of nitrogens with two attached hydrogens (primary N) is 1. The van der Waals surface area contributed by atoms with Crippen LogP contribution in [-0.2, 0) is 0 Å². The van der Waals surface area contributed by atoms with Crippen LogP contribution in [0.1, 0.15) is 9.75 Å². The molecule has 1 aromatic heterocycles. The number of amidine groups is 1. The van der Waals surface area contributed by atoms with E-state index in [1.807, 2.05) is 6.92 Å². The molecular formula is C6H7ClN2OS. The van der Waals surface area contributed by atoms with E-state index in [-0.39, 0.29) is 5.84 Å². The Morgan fingerprint density at radius 3 is 2.82 bits per heavy atom. The van der Waals surface area contributed by atoms with Crippen LogP contribution in [0.3, 0.4) is 0 Å². The van der Waals surface area contributed by atoms with Gasteiger partial charge in [-0.05, 0) is 13.0 Å². The summed E-state index contributed by atoms with van der Waals surface area (Å²) in [5, 5.41) is 11.8. The van der Waals surface area contributed by atoms with Crippen molar-refractivity contribution in [3.05, 3.63) is 20.8 Å². The summed E-state index contributed by atoms with van der Waals surface area (Å²) >= 11 is 7.15. The number of oxime groups is 1. The second-order valence-corrected chi connectivity index (χ2v) is 3.66. The fraction of sp³-hybridized carbons (Fsp3) is 0.167. The van der Waals surface area contributed by atoms with Crippen molar-refractivity contribution < 1.29 is 5.21 Å². The minimum absolute atomic E-state index is 0.102. The first-order valence-corrected chi connectivity index (χ1v) is 4.08. The molecule has 0 aromatic carbocycles. The number of hydrogen-bond donors (Lipinski definition) is 2. The molecule has 0 saturated heterocycles. The molecule has 0 atom stereocenters. The van der Waals surface area contributed by atoms with Gasteiger partial charge in [0.2, 0.25) is 0 Å². The fourth-order valence-electron chi connectivity index (χ4n) is 0.635. The van der Waals surface area contributed by atoms with Crippen LogP contribution in [0.2, 0.25) is 5.02 Å². The maximum Gasteiger partial charge on any atom is 0.180 e. The number of hydrogen-bond acceptors (Lipinski definition) is 3. The summed E-state index contributed by atoms with van der Waals surface area (Å²) in [7, 11) is 0. The normalized spacial score (nSPS) is 12.0. The zero-order valence-corrected chi connectivity index (χ0v) is 7.41. The molecule has 11 heavy (non-hydrogen) atoms. The molecule has 0 amide bonds. The second kappa shape index (κ2) is 3.11. The van der Waals surface area contributed by atoms with Crippen LogP contribution in [0, 0.1) is 6.92 Å². The molecule has 60 valence electrons. The van der Waals surface area contributed by atoms with Gasteiger partial charge in [0, 0.05) is 4.88 Å². The van der Waals surface area contributed by atoms with Crippen LogP contribution in [0.25, 0.3) is 0 Å². The van der Waals surface area contributed by atoms with Gasteiger partial charge in [-0.15, -0.1) is 11.3 Å². The highest BCUT2D eigenvalue weighted by Gasteiger charge is 2.05. The second-order valence-electron chi connectivity index (χ2n) is 2.00. The molecule has 1 rings (SSSR count). The highest BCUT2D eigenvalue weighted by atomic mass is 35.5. The minimum atomic E-state index is 0.102. The number of thiophene rings is 1. The SMILES string of the molecule is Cc1sc(/C(N)=N\O)cc1Cl. The molecule has 0 spiro atoms. The Balaban J connectivity index is 3.07. The number of halogens is 1. The monoisotopic (exact) mass is 190 g/mol. The van der Waals surface area contributed by atoms with Crippen LogP contribution in [0.15, 0.2) is 11.2 Å². The van der Waals surface area contributed by atoms with E-state index in [4.69, 9.17) is 22.5 Å². The van der Waals surface area contributed by atoms with Gasteiger partial charge in [-0.1, -0.05) is 16.8 Å². The average Bonchev–Trinajstić information content (AvgIpc) is 2.31. The van der Waals surface area contributed by atoms with E-state index >= 15 is 0 Å². The molecule has 0 saturated carbocycles. The van der Waals surface area contributed by atoms with Crippen LogP contribution >= 0.6 is 22.9 Å². The Kier molecular flexibility index (Phi) is 2.36. The molecule has 0 fully saturated rings. The zero-order valence-electron chi connectivity index (χ0n) is 5.84. The average molecular weight is 191 g/mol. The minimum Gasteiger partial charge on any atom is -0.409 e.